The number of thioether (sulfide) groups is 1. The molecule has 0 bridgehead atoms. The van der Waals surface area contributed by atoms with E-state index < -0.39 is 11.6 Å². The van der Waals surface area contributed by atoms with Crippen molar-refractivity contribution in [2.45, 2.75) is 17.7 Å². The van der Waals surface area contributed by atoms with Crippen molar-refractivity contribution in [3.05, 3.63) is 60.2 Å². The zero-order valence-corrected chi connectivity index (χ0v) is 15.5. The van der Waals surface area contributed by atoms with Crippen molar-refractivity contribution in [1.29, 1.82) is 0 Å². The van der Waals surface area contributed by atoms with Gasteiger partial charge in [-0.15, -0.1) is 11.8 Å². The molecule has 2 amide bonds. The third kappa shape index (κ3) is 5.29. The highest BCUT2D eigenvalue weighted by molar-refractivity contribution is 8.00. The molecule has 0 unspecified atom stereocenters. The van der Waals surface area contributed by atoms with E-state index in [-0.39, 0.29) is 23.5 Å². The van der Waals surface area contributed by atoms with E-state index in [1.165, 1.54) is 17.8 Å². The standard InChI is InChI=1S/C20H20F2N2O2S/c21-17-7-6-16(12-18(17)22)27-13-19(25)24-10-8-14(9-11-24)20(26)23-15-4-2-1-3-5-15/h1-7,12,14H,8-11,13H2,(H,23,26). The second kappa shape index (κ2) is 8.99. The fourth-order valence-corrected chi connectivity index (χ4v) is 3.78. The molecule has 4 nitrogen and oxygen atoms in total. The van der Waals surface area contributed by atoms with Crippen molar-refractivity contribution in [3.8, 4) is 0 Å². The van der Waals surface area contributed by atoms with Crippen LogP contribution in [0.25, 0.3) is 0 Å². The Bertz CT molecular complexity index is 809. The van der Waals surface area contributed by atoms with Crippen LogP contribution in [0.3, 0.4) is 0 Å². The third-order valence-electron chi connectivity index (χ3n) is 4.51. The fraction of sp³-hybridized carbons (Fsp3) is 0.300. The minimum Gasteiger partial charge on any atom is -0.342 e. The summed E-state index contributed by atoms with van der Waals surface area (Å²) in [5.41, 5.74) is 0.768. The predicted octanol–water partition coefficient (Wildman–Crippen LogP) is 3.93. The van der Waals surface area contributed by atoms with Crippen molar-refractivity contribution in [2.24, 2.45) is 5.92 Å². The molecule has 1 fully saturated rings. The molecule has 3 rings (SSSR count). The van der Waals surface area contributed by atoms with Gasteiger partial charge in [0.05, 0.1) is 5.75 Å². The summed E-state index contributed by atoms with van der Waals surface area (Å²) >= 11 is 1.18. The van der Waals surface area contributed by atoms with Gasteiger partial charge in [-0.1, -0.05) is 18.2 Å². The summed E-state index contributed by atoms with van der Waals surface area (Å²) in [7, 11) is 0. The topological polar surface area (TPSA) is 49.4 Å². The van der Waals surface area contributed by atoms with Crippen LogP contribution >= 0.6 is 11.8 Å². The van der Waals surface area contributed by atoms with E-state index in [2.05, 4.69) is 5.32 Å². The van der Waals surface area contributed by atoms with Crippen LogP contribution in [0.2, 0.25) is 0 Å². The smallest absolute Gasteiger partial charge is 0.232 e. The highest BCUT2D eigenvalue weighted by Crippen LogP contribution is 2.23. The molecule has 0 atom stereocenters. The van der Waals surface area contributed by atoms with E-state index in [0.717, 1.165) is 17.8 Å². The molecule has 0 saturated carbocycles. The van der Waals surface area contributed by atoms with Crippen LogP contribution in [0.1, 0.15) is 12.8 Å². The Hall–Kier alpha value is -2.41. The second-order valence-corrected chi connectivity index (χ2v) is 7.42. The number of hydrogen-bond donors (Lipinski definition) is 1. The number of piperidine rings is 1. The van der Waals surface area contributed by atoms with Gasteiger partial charge in [0.1, 0.15) is 0 Å². The Morgan fingerprint density at radius 3 is 2.41 bits per heavy atom. The van der Waals surface area contributed by atoms with Crippen molar-refractivity contribution in [3.63, 3.8) is 0 Å². The van der Waals surface area contributed by atoms with E-state index >= 15 is 0 Å². The number of para-hydroxylation sites is 1. The van der Waals surface area contributed by atoms with Gasteiger partial charge in [0.25, 0.3) is 0 Å². The predicted molar refractivity (Wildman–Crippen MR) is 101 cm³/mol. The van der Waals surface area contributed by atoms with E-state index in [0.29, 0.717) is 30.8 Å². The minimum atomic E-state index is -0.919. The SMILES string of the molecule is O=C(Nc1ccccc1)C1CCN(C(=O)CSc2ccc(F)c(F)c2)CC1. The molecule has 0 radical (unpaired) electrons. The number of benzene rings is 2. The number of nitrogens with one attached hydrogen (secondary N) is 1. The normalized spacial score (nSPS) is 14.8. The minimum absolute atomic E-state index is 0.0236. The van der Waals surface area contributed by atoms with E-state index in [9.17, 15) is 18.4 Å². The van der Waals surface area contributed by atoms with Crippen molar-refractivity contribution in [1.82, 2.24) is 4.90 Å². The first-order valence-corrected chi connectivity index (χ1v) is 9.73. The number of halogens is 2. The number of nitrogens with zero attached hydrogens (tertiary/aromatic N) is 1. The average Bonchev–Trinajstić information content (AvgIpc) is 2.69. The number of rotatable bonds is 5. The monoisotopic (exact) mass is 390 g/mol. The van der Waals surface area contributed by atoms with Gasteiger partial charge in [0, 0.05) is 29.6 Å². The highest BCUT2D eigenvalue weighted by atomic mass is 32.2. The van der Waals surface area contributed by atoms with Gasteiger partial charge in [-0.25, -0.2) is 8.78 Å². The Labute approximate surface area is 160 Å². The van der Waals surface area contributed by atoms with E-state index in [1.54, 1.807) is 4.90 Å². The lowest BCUT2D eigenvalue weighted by molar-refractivity contribution is -0.132. The maximum Gasteiger partial charge on any atom is 0.232 e. The number of carbonyl (C=O) groups is 2. The molecule has 0 aromatic heterocycles. The maximum absolute atomic E-state index is 13.2. The molecule has 1 saturated heterocycles. The zero-order valence-electron chi connectivity index (χ0n) is 14.7. The summed E-state index contributed by atoms with van der Waals surface area (Å²) in [6.45, 7) is 1.04. The molecule has 142 valence electrons. The van der Waals surface area contributed by atoms with Gasteiger partial charge in [-0.2, -0.15) is 0 Å². The van der Waals surface area contributed by atoms with Gasteiger partial charge < -0.3 is 10.2 Å². The number of anilines is 1. The Morgan fingerprint density at radius 1 is 1.04 bits per heavy atom. The molecule has 1 heterocycles. The summed E-state index contributed by atoms with van der Waals surface area (Å²) in [6.07, 6.45) is 1.22. The van der Waals surface area contributed by atoms with Crippen LogP contribution in [0.15, 0.2) is 53.4 Å². The van der Waals surface area contributed by atoms with Crippen LogP contribution < -0.4 is 5.32 Å². The molecule has 1 aliphatic rings. The number of hydrogen-bond acceptors (Lipinski definition) is 3. The maximum atomic E-state index is 13.2. The molecule has 7 heteroatoms. The van der Waals surface area contributed by atoms with E-state index in [1.807, 2.05) is 30.3 Å². The van der Waals surface area contributed by atoms with Gasteiger partial charge in [0.2, 0.25) is 11.8 Å². The first-order chi connectivity index (χ1) is 13.0. The Kier molecular flexibility index (Phi) is 6.45. The first kappa shape index (κ1) is 19.4. The first-order valence-electron chi connectivity index (χ1n) is 8.74. The van der Waals surface area contributed by atoms with Crippen molar-refractivity contribution < 1.29 is 18.4 Å². The molecule has 2 aromatic rings. The van der Waals surface area contributed by atoms with Gasteiger partial charge in [-0.3, -0.25) is 9.59 Å². The van der Waals surface area contributed by atoms with Crippen molar-refractivity contribution >= 4 is 29.3 Å². The summed E-state index contributed by atoms with van der Waals surface area (Å²) in [5.74, 6) is -1.87. The van der Waals surface area contributed by atoms with Gasteiger partial charge >= 0.3 is 0 Å². The van der Waals surface area contributed by atoms with Crippen LogP contribution in [0.4, 0.5) is 14.5 Å². The van der Waals surface area contributed by atoms with Crippen LogP contribution in [-0.4, -0.2) is 35.6 Å². The lowest BCUT2D eigenvalue weighted by Crippen LogP contribution is -2.42. The van der Waals surface area contributed by atoms with Gasteiger partial charge in [-0.05, 0) is 43.2 Å². The molecule has 1 N–H and O–H groups in total. The number of carbonyl (C=O) groups excluding carboxylic acids is 2. The Morgan fingerprint density at radius 2 is 1.74 bits per heavy atom. The lowest BCUT2D eigenvalue weighted by Gasteiger charge is -2.31. The molecule has 27 heavy (non-hydrogen) atoms. The molecule has 0 aliphatic carbocycles. The molecule has 0 spiro atoms. The summed E-state index contributed by atoms with van der Waals surface area (Å²) in [6, 6.07) is 12.9. The third-order valence-corrected chi connectivity index (χ3v) is 5.49. The summed E-state index contributed by atoms with van der Waals surface area (Å²) < 4.78 is 26.1. The lowest BCUT2D eigenvalue weighted by atomic mass is 9.96. The fourth-order valence-electron chi connectivity index (χ4n) is 2.96. The summed E-state index contributed by atoms with van der Waals surface area (Å²) in [5, 5.41) is 2.90. The average molecular weight is 390 g/mol. The van der Waals surface area contributed by atoms with Crippen molar-refractivity contribution in [2.75, 3.05) is 24.2 Å². The number of amides is 2. The highest BCUT2D eigenvalue weighted by Gasteiger charge is 2.27. The molecule has 1 aliphatic heterocycles. The second-order valence-electron chi connectivity index (χ2n) is 6.37. The number of likely N-dealkylation sites (tertiary alicyclic amines) is 1. The van der Waals surface area contributed by atoms with Gasteiger partial charge in [0.15, 0.2) is 11.6 Å². The molecular formula is C20H20F2N2O2S. The molecule has 2 aromatic carbocycles. The summed E-state index contributed by atoms with van der Waals surface area (Å²) in [4.78, 5) is 26.9. The van der Waals surface area contributed by atoms with Crippen LogP contribution in [0.5, 0.6) is 0 Å². The van der Waals surface area contributed by atoms with Crippen LogP contribution in [0, 0.1) is 17.6 Å². The largest absolute Gasteiger partial charge is 0.342 e. The Balaban J connectivity index is 1.44. The zero-order chi connectivity index (χ0) is 19.2. The van der Waals surface area contributed by atoms with E-state index in [4.69, 9.17) is 0 Å². The molecular weight excluding hydrogens is 370 g/mol. The quantitative estimate of drug-likeness (QED) is 0.787. The van der Waals surface area contributed by atoms with Crippen LogP contribution in [-0.2, 0) is 9.59 Å².